The van der Waals surface area contributed by atoms with E-state index in [-0.39, 0.29) is 5.91 Å². The van der Waals surface area contributed by atoms with E-state index < -0.39 is 0 Å². The highest BCUT2D eigenvalue weighted by Crippen LogP contribution is 2.52. The molecule has 0 spiro atoms. The second kappa shape index (κ2) is 5.99. The first-order valence-electron chi connectivity index (χ1n) is 9.49. The van der Waals surface area contributed by atoms with E-state index in [1.165, 1.54) is 24.0 Å². The zero-order chi connectivity index (χ0) is 16.8. The first kappa shape index (κ1) is 15.1. The SMILES string of the molecule is O=C(CN1C2CCC1c1ccccc12)Nc1ccnn1C1CCCC1. The Morgan fingerprint density at radius 2 is 1.72 bits per heavy atom. The smallest absolute Gasteiger partial charge is 0.239 e. The number of rotatable bonds is 4. The second-order valence-electron chi connectivity index (χ2n) is 7.56. The van der Waals surface area contributed by atoms with E-state index in [9.17, 15) is 4.79 Å². The van der Waals surface area contributed by atoms with Crippen molar-refractivity contribution in [3.8, 4) is 0 Å². The molecule has 1 amide bonds. The Morgan fingerprint density at radius 1 is 1.04 bits per heavy atom. The van der Waals surface area contributed by atoms with Gasteiger partial charge >= 0.3 is 0 Å². The van der Waals surface area contributed by atoms with Crippen molar-refractivity contribution in [3.05, 3.63) is 47.7 Å². The van der Waals surface area contributed by atoms with Crippen LogP contribution < -0.4 is 5.32 Å². The van der Waals surface area contributed by atoms with Crippen LogP contribution in [0.5, 0.6) is 0 Å². The van der Waals surface area contributed by atoms with E-state index in [1.54, 1.807) is 6.20 Å². The van der Waals surface area contributed by atoms with E-state index in [0.717, 1.165) is 31.5 Å². The Balaban J connectivity index is 1.29. The molecule has 5 nitrogen and oxygen atoms in total. The molecule has 2 atom stereocenters. The van der Waals surface area contributed by atoms with Gasteiger partial charge in [-0.15, -0.1) is 0 Å². The van der Waals surface area contributed by atoms with Crippen LogP contribution in [0.1, 0.15) is 67.8 Å². The topological polar surface area (TPSA) is 50.2 Å². The fraction of sp³-hybridized carbons (Fsp3) is 0.500. The summed E-state index contributed by atoms with van der Waals surface area (Å²) < 4.78 is 2.01. The molecule has 1 aromatic heterocycles. The summed E-state index contributed by atoms with van der Waals surface area (Å²) in [5, 5.41) is 7.56. The molecule has 2 aliphatic heterocycles. The van der Waals surface area contributed by atoms with Crippen molar-refractivity contribution in [2.45, 2.75) is 56.7 Å². The van der Waals surface area contributed by atoms with Crippen LogP contribution in [-0.2, 0) is 4.79 Å². The van der Waals surface area contributed by atoms with Gasteiger partial charge in [0.15, 0.2) is 0 Å². The van der Waals surface area contributed by atoms with Crippen molar-refractivity contribution in [1.29, 1.82) is 0 Å². The maximum Gasteiger partial charge on any atom is 0.239 e. The summed E-state index contributed by atoms with van der Waals surface area (Å²) in [5.41, 5.74) is 2.84. The number of anilines is 1. The molecule has 1 saturated carbocycles. The molecule has 5 heteroatoms. The molecule has 1 aliphatic carbocycles. The van der Waals surface area contributed by atoms with Crippen LogP contribution in [0.15, 0.2) is 36.5 Å². The van der Waals surface area contributed by atoms with E-state index in [4.69, 9.17) is 0 Å². The third kappa shape index (κ3) is 2.49. The average Bonchev–Trinajstić information content (AvgIpc) is 3.39. The predicted molar refractivity (Wildman–Crippen MR) is 96.2 cm³/mol. The molecule has 2 aromatic rings. The maximum absolute atomic E-state index is 12.7. The summed E-state index contributed by atoms with van der Waals surface area (Å²) in [5.74, 6) is 0.922. The maximum atomic E-state index is 12.7. The van der Waals surface area contributed by atoms with Crippen molar-refractivity contribution in [3.63, 3.8) is 0 Å². The summed E-state index contributed by atoms with van der Waals surface area (Å²) in [7, 11) is 0. The number of carbonyl (C=O) groups excluding carboxylic acids is 1. The second-order valence-corrected chi connectivity index (χ2v) is 7.56. The molecular weight excluding hydrogens is 312 g/mol. The number of carbonyl (C=O) groups is 1. The van der Waals surface area contributed by atoms with Gasteiger partial charge in [-0.2, -0.15) is 5.10 Å². The average molecular weight is 336 g/mol. The van der Waals surface area contributed by atoms with Gasteiger partial charge in [-0.1, -0.05) is 37.1 Å². The number of hydrogen-bond acceptors (Lipinski definition) is 3. The highest BCUT2D eigenvalue weighted by molar-refractivity contribution is 5.91. The lowest BCUT2D eigenvalue weighted by atomic mass is 9.92. The molecule has 2 unspecified atom stereocenters. The van der Waals surface area contributed by atoms with Crippen molar-refractivity contribution < 1.29 is 4.79 Å². The Morgan fingerprint density at radius 3 is 2.40 bits per heavy atom. The van der Waals surface area contributed by atoms with Crippen molar-refractivity contribution in [2.24, 2.45) is 0 Å². The molecular formula is C20H24N4O. The van der Waals surface area contributed by atoms with Crippen LogP contribution in [0.3, 0.4) is 0 Å². The lowest BCUT2D eigenvalue weighted by Crippen LogP contribution is -2.31. The quantitative estimate of drug-likeness (QED) is 0.923. The van der Waals surface area contributed by atoms with Gasteiger partial charge in [0.05, 0.1) is 18.8 Å². The minimum atomic E-state index is 0.0736. The van der Waals surface area contributed by atoms with Crippen LogP contribution in [0.2, 0.25) is 0 Å². The zero-order valence-electron chi connectivity index (χ0n) is 14.4. The van der Waals surface area contributed by atoms with E-state index in [2.05, 4.69) is 39.6 Å². The highest BCUT2D eigenvalue weighted by atomic mass is 16.2. The summed E-state index contributed by atoms with van der Waals surface area (Å²) >= 11 is 0. The van der Waals surface area contributed by atoms with Crippen LogP contribution >= 0.6 is 0 Å². The van der Waals surface area contributed by atoms with Crippen molar-refractivity contribution >= 4 is 11.7 Å². The summed E-state index contributed by atoms with van der Waals surface area (Å²) in [6, 6.07) is 11.8. The Labute approximate surface area is 148 Å². The number of fused-ring (bicyclic) bond motifs is 5. The summed E-state index contributed by atoms with van der Waals surface area (Å²) in [6.45, 7) is 0.458. The van der Waals surface area contributed by atoms with E-state index in [0.29, 0.717) is 24.7 Å². The van der Waals surface area contributed by atoms with Gasteiger partial charge in [-0.3, -0.25) is 9.69 Å². The molecule has 3 aliphatic rings. The first-order chi connectivity index (χ1) is 12.3. The van der Waals surface area contributed by atoms with Gasteiger partial charge in [0.25, 0.3) is 0 Å². The molecule has 25 heavy (non-hydrogen) atoms. The van der Waals surface area contributed by atoms with Gasteiger partial charge < -0.3 is 5.32 Å². The lowest BCUT2D eigenvalue weighted by molar-refractivity contribution is -0.117. The predicted octanol–water partition coefficient (Wildman–Crippen LogP) is 3.83. The number of aromatic nitrogens is 2. The minimum absolute atomic E-state index is 0.0736. The third-order valence-corrected chi connectivity index (χ3v) is 6.16. The summed E-state index contributed by atoms with van der Waals surface area (Å²) in [6.07, 6.45) is 8.96. The number of nitrogens with zero attached hydrogens (tertiary/aromatic N) is 3. The molecule has 0 radical (unpaired) electrons. The van der Waals surface area contributed by atoms with Gasteiger partial charge in [-0.25, -0.2) is 4.68 Å². The normalized spacial score (nSPS) is 25.4. The lowest BCUT2D eigenvalue weighted by Gasteiger charge is -2.22. The molecule has 3 heterocycles. The Bertz CT molecular complexity index is 761. The number of hydrogen-bond donors (Lipinski definition) is 1. The summed E-state index contributed by atoms with van der Waals surface area (Å²) in [4.78, 5) is 15.1. The highest BCUT2D eigenvalue weighted by Gasteiger charge is 2.44. The van der Waals surface area contributed by atoms with Gasteiger partial charge in [0.2, 0.25) is 5.91 Å². The molecule has 2 fully saturated rings. The largest absolute Gasteiger partial charge is 0.310 e. The fourth-order valence-electron chi connectivity index (χ4n) is 5.07. The standard InChI is InChI=1S/C20H24N4O/c25-20(22-19-11-12-21-24(19)14-5-1-2-6-14)13-23-17-9-10-18(23)16-8-4-3-7-15(16)17/h3-4,7-8,11-12,14,17-18H,1-2,5-6,9-10,13H2,(H,22,25). The molecule has 130 valence electrons. The van der Waals surface area contributed by atoms with Crippen molar-refractivity contribution in [2.75, 3.05) is 11.9 Å². The van der Waals surface area contributed by atoms with E-state index in [1.807, 2.05) is 10.7 Å². The van der Waals surface area contributed by atoms with Crippen LogP contribution in [0.25, 0.3) is 0 Å². The van der Waals surface area contributed by atoms with Gasteiger partial charge in [-0.05, 0) is 36.8 Å². The third-order valence-electron chi connectivity index (χ3n) is 6.16. The van der Waals surface area contributed by atoms with Crippen molar-refractivity contribution in [1.82, 2.24) is 14.7 Å². The number of nitrogens with one attached hydrogen (secondary N) is 1. The molecule has 5 rings (SSSR count). The Kier molecular flexibility index (Phi) is 3.63. The molecule has 1 N–H and O–H groups in total. The Hall–Kier alpha value is -2.14. The van der Waals surface area contributed by atoms with Crippen LogP contribution in [0.4, 0.5) is 5.82 Å². The van der Waals surface area contributed by atoms with E-state index >= 15 is 0 Å². The molecule has 1 aromatic carbocycles. The minimum Gasteiger partial charge on any atom is -0.310 e. The van der Waals surface area contributed by atoms with Crippen LogP contribution in [0, 0.1) is 0 Å². The number of amides is 1. The molecule has 1 saturated heterocycles. The van der Waals surface area contributed by atoms with Gasteiger partial charge in [0, 0.05) is 18.2 Å². The van der Waals surface area contributed by atoms with Gasteiger partial charge in [0.1, 0.15) is 5.82 Å². The molecule has 2 bridgehead atoms. The van der Waals surface area contributed by atoms with Crippen LogP contribution in [-0.4, -0.2) is 27.1 Å². The number of benzene rings is 1. The first-order valence-corrected chi connectivity index (χ1v) is 9.49. The monoisotopic (exact) mass is 336 g/mol. The zero-order valence-corrected chi connectivity index (χ0v) is 14.4. The fourth-order valence-corrected chi connectivity index (χ4v) is 5.07.